The second-order valence-corrected chi connectivity index (χ2v) is 5.42. The minimum atomic E-state index is -0.151. The van der Waals surface area contributed by atoms with Gasteiger partial charge in [-0.05, 0) is 37.6 Å². The fourth-order valence-corrected chi connectivity index (χ4v) is 2.33. The first-order chi connectivity index (χ1) is 12.2. The summed E-state index contributed by atoms with van der Waals surface area (Å²) in [4.78, 5) is 12.0. The van der Waals surface area contributed by atoms with Crippen LogP contribution >= 0.6 is 0 Å². The van der Waals surface area contributed by atoms with Crippen LogP contribution in [0.3, 0.4) is 0 Å². The predicted molar refractivity (Wildman–Crippen MR) is 94.3 cm³/mol. The first-order valence-electron chi connectivity index (χ1n) is 8.12. The smallest absolute Gasteiger partial charge is 0.223 e. The van der Waals surface area contributed by atoms with E-state index in [0.29, 0.717) is 38.3 Å². The van der Waals surface area contributed by atoms with Gasteiger partial charge in [-0.3, -0.25) is 4.79 Å². The van der Waals surface area contributed by atoms with Gasteiger partial charge in [-0.25, -0.2) is 0 Å². The van der Waals surface area contributed by atoms with Crippen LogP contribution in [0.25, 0.3) is 0 Å². The van der Waals surface area contributed by atoms with E-state index < -0.39 is 0 Å². The Labute approximate surface area is 147 Å². The molecule has 0 radical (unpaired) electrons. The SMILES string of the molecule is COc1ccc(OCCn2ccc(=O)c(OCCCC#N)c2C)cc1. The van der Waals surface area contributed by atoms with E-state index in [1.54, 1.807) is 13.3 Å². The summed E-state index contributed by atoms with van der Waals surface area (Å²) < 4.78 is 18.3. The van der Waals surface area contributed by atoms with Gasteiger partial charge in [0, 0.05) is 18.7 Å². The molecule has 0 bridgehead atoms. The van der Waals surface area contributed by atoms with Crippen LogP contribution in [0.4, 0.5) is 0 Å². The van der Waals surface area contributed by atoms with Crippen LogP contribution in [0.5, 0.6) is 17.2 Å². The maximum absolute atomic E-state index is 12.0. The Morgan fingerprint density at radius 1 is 1.08 bits per heavy atom. The van der Waals surface area contributed by atoms with E-state index >= 15 is 0 Å². The summed E-state index contributed by atoms with van der Waals surface area (Å²) >= 11 is 0. The van der Waals surface area contributed by atoms with E-state index in [1.807, 2.05) is 35.8 Å². The number of rotatable bonds is 9. The summed E-state index contributed by atoms with van der Waals surface area (Å²) in [6.45, 7) is 3.25. The van der Waals surface area contributed by atoms with E-state index in [-0.39, 0.29) is 5.43 Å². The van der Waals surface area contributed by atoms with Gasteiger partial charge in [0.2, 0.25) is 5.43 Å². The van der Waals surface area contributed by atoms with Gasteiger partial charge in [0.1, 0.15) is 18.1 Å². The molecule has 0 unspecified atom stereocenters. The molecule has 0 fully saturated rings. The van der Waals surface area contributed by atoms with Crippen molar-refractivity contribution in [1.82, 2.24) is 4.57 Å². The monoisotopic (exact) mass is 342 g/mol. The van der Waals surface area contributed by atoms with Crippen LogP contribution in [0.2, 0.25) is 0 Å². The van der Waals surface area contributed by atoms with Crippen LogP contribution in [0, 0.1) is 18.3 Å². The van der Waals surface area contributed by atoms with Crippen molar-refractivity contribution < 1.29 is 14.2 Å². The fourth-order valence-electron chi connectivity index (χ4n) is 2.33. The zero-order valence-electron chi connectivity index (χ0n) is 14.5. The van der Waals surface area contributed by atoms with E-state index in [4.69, 9.17) is 19.5 Å². The highest BCUT2D eigenvalue weighted by atomic mass is 16.5. The van der Waals surface area contributed by atoms with Crippen LogP contribution in [0.15, 0.2) is 41.3 Å². The van der Waals surface area contributed by atoms with E-state index in [9.17, 15) is 4.79 Å². The zero-order valence-corrected chi connectivity index (χ0v) is 14.5. The Morgan fingerprint density at radius 2 is 1.80 bits per heavy atom. The molecule has 0 aliphatic rings. The number of nitrogens with zero attached hydrogens (tertiary/aromatic N) is 2. The van der Waals surface area contributed by atoms with Crippen LogP contribution in [-0.2, 0) is 6.54 Å². The normalized spacial score (nSPS) is 10.1. The molecule has 1 aromatic carbocycles. The lowest BCUT2D eigenvalue weighted by Crippen LogP contribution is -2.17. The molecule has 0 amide bonds. The van der Waals surface area contributed by atoms with Crippen LogP contribution < -0.4 is 19.6 Å². The van der Waals surface area contributed by atoms with Crippen molar-refractivity contribution in [2.24, 2.45) is 0 Å². The summed E-state index contributed by atoms with van der Waals surface area (Å²) in [5.74, 6) is 1.87. The van der Waals surface area contributed by atoms with Gasteiger partial charge in [0.15, 0.2) is 5.75 Å². The van der Waals surface area contributed by atoms with Gasteiger partial charge < -0.3 is 18.8 Å². The lowest BCUT2D eigenvalue weighted by Gasteiger charge is -2.15. The minimum Gasteiger partial charge on any atom is -0.497 e. The molecule has 0 atom stereocenters. The lowest BCUT2D eigenvalue weighted by atomic mass is 10.3. The predicted octanol–water partition coefficient (Wildman–Crippen LogP) is 2.93. The van der Waals surface area contributed by atoms with Gasteiger partial charge in [0.05, 0.1) is 32.0 Å². The second kappa shape index (κ2) is 9.38. The van der Waals surface area contributed by atoms with Crippen molar-refractivity contribution in [3.63, 3.8) is 0 Å². The highest BCUT2D eigenvalue weighted by Crippen LogP contribution is 2.17. The molecule has 25 heavy (non-hydrogen) atoms. The number of hydrogen-bond acceptors (Lipinski definition) is 5. The Hall–Kier alpha value is -2.94. The topological polar surface area (TPSA) is 73.5 Å². The maximum Gasteiger partial charge on any atom is 0.223 e. The Kier molecular flexibility index (Phi) is 6.90. The van der Waals surface area contributed by atoms with Gasteiger partial charge in [-0.2, -0.15) is 5.26 Å². The molecular weight excluding hydrogens is 320 g/mol. The fraction of sp³-hybridized carbons (Fsp3) is 0.368. The van der Waals surface area contributed by atoms with Crippen LogP contribution in [0.1, 0.15) is 18.5 Å². The molecule has 132 valence electrons. The van der Waals surface area contributed by atoms with Crippen molar-refractivity contribution in [1.29, 1.82) is 5.26 Å². The quantitative estimate of drug-likeness (QED) is 0.655. The average molecular weight is 342 g/mol. The van der Waals surface area contributed by atoms with Crippen molar-refractivity contribution >= 4 is 0 Å². The largest absolute Gasteiger partial charge is 0.497 e. The zero-order chi connectivity index (χ0) is 18.1. The third kappa shape index (κ3) is 5.28. The lowest BCUT2D eigenvalue weighted by molar-refractivity contribution is 0.286. The van der Waals surface area contributed by atoms with Gasteiger partial charge in [0.25, 0.3) is 0 Å². The molecule has 2 aromatic rings. The molecular formula is C19H22N2O4. The number of pyridine rings is 1. The number of aromatic nitrogens is 1. The number of nitriles is 1. The van der Waals surface area contributed by atoms with Crippen molar-refractivity contribution in [3.05, 3.63) is 52.4 Å². The van der Waals surface area contributed by atoms with Crippen LogP contribution in [-0.4, -0.2) is 24.9 Å². The molecule has 2 rings (SSSR count). The highest BCUT2D eigenvalue weighted by Gasteiger charge is 2.08. The minimum absolute atomic E-state index is 0.151. The Bertz CT molecular complexity index is 775. The first kappa shape index (κ1) is 18.4. The molecule has 1 aromatic heterocycles. The Balaban J connectivity index is 1.94. The third-order valence-electron chi connectivity index (χ3n) is 3.73. The summed E-state index contributed by atoms with van der Waals surface area (Å²) in [7, 11) is 1.62. The van der Waals surface area contributed by atoms with E-state index in [0.717, 1.165) is 17.2 Å². The van der Waals surface area contributed by atoms with Crippen molar-refractivity contribution in [3.8, 4) is 23.3 Å². The van der Waals surface area contributed by atoms with E-state index in [2.05, 4.69) is 6.07 Å². The summed E-state index contributed by atoms with van der Waals surface area (Å²) in [5, 5.41) is 8.54. The second-order valence-electron chi connectivity index (χ2n) is 5.42. The van der Waals surface area contributed by atoms with Crippen molar-refractivity contribution in [2.75, 3.05) is 20.3 Å². The van der Waals surface area contributed by atoms with E-state index in [1.165, 1.54) is 6.07 Å². The molecule has 0 N–H and O–H groups in total. The molecule has 0 saturated carbocycles. The molecule has 0 aliphatic heterocycles. The van der Waals surface area contributed by atoms with Gasteiger partial charge in [-0.1, -0.05) is 0 Å². The number of hydrogen-bond donors (Lipinski definition) is 0. The summed E-state index contributed by atoms with van der Waals surface area (Å²) in [6.07, 6.45) is 2.75. The number of unbranched alkanes of at least 4 members (excludes halogenated alkanes) is 1. The highest BCUT2D eigenvalue weighted by molar-refractivity contribution is 5.31. The Morgan fingerprint density at radius 3 is 2.48 bits per heavy atom. The number of ether oxygens (including phenoxy) is 3. The number of methoxy groups -OCH3 is 1. The van der Waals surface area contributed by atoms with Gasteiger partial charge >= 0.3 is 0 Å². The van der Waals surface area contributed by atoms with Gasteiger partial charge in [-0.15, -0.1) is 0 Å². The number of benzene rings is 1. The molecule has 0 aliphatic carbocycles. The maximum atomic E-state index is 12.0. The average Bonchev–Trinajstić information content (AvgIpc) is 2.63. The molecule has 0 spiro atoms. The third-order valence-corrected chi connectivity index (χ3v) is 3.73. The van der Waals surface area contributed by atoms with Crippen molar-refractivity contribution in [2.45, 2.75) is 26.3 Å². The molecule has 1 heterocycles. The molecule has 0 saturated heterocycles. The molecule has 6 nitrogen and oxygen atoms in total. The summed E-state index contributed by atoms with van der Waals surface area (Å²) in [5.41, 5.74) is 0.601. The summed E-state index contributed by atoms with van der Waals surface area (Å²) in [6, 6.07) is 10.9. The molecule has 6 heteroatoms. The standard InChI is InChI=1S/C19H22N2O4/c1-15-19(25-13-4-3-10-20)18(22)9-11-21(15)12-14-24-17-7-5-16(23-2)6-8-17/h5-9,11H,3-4,12-14H2,1-2H3. The first-order valence-corrected chi connectivity index (χ1v) is 8.12.